The molecule has 0 saturated carbocycles. The maximum atomic E-state index is 13.6. The molecular formula is C39H58N8O18S. The molecule has 0 bridgehead atoms. The third kappa shape index (κ3) is 23.0. The van der Waals surface area contributed by atoms with Crippen LogP contribution in [0.4, 0.5) is 0 Å². The first-order valence-electron chi connectivity index (χ1n) is 20.7. The molecule has 3 aromatic rings. The lowest BCUT2D eigenvalue weighted by atomic mass is 10.1. The molecule has 2 aromatic heterocycles. The van der Waals surface area contributed by atoms with Crippen molar-refractivity contribution in [3.63, 3.8) is 0 Å². The van der Waals surface area contributed by atoms with Gasteiger partial charge >= 0.3 is 11.9 Å². The average Bonchev–Trinajstić information content (AvgIpc) is 3.93. The van der Waals surface area contributed by atoms with Crippen LogP contribution in [0.3, 0.4) is 0 Å². The van der Waals surface area contributed by atoms with Gasteiger partial charge in [-0.2, -0.15) is 11.3 Å². The second kappa shape index (κ2) is 31.2. The van der Waals surface area contributed by atoms with Crippen molar-refractivity contribution >= 4 is 41.2 Å². The van der Waals surface area contributed by atoms with Crippen molar-refractivity contribution < 1.29 is 89.7 Å². The highest BCUT2D eigenvalue weighted by molar-refractivity contribution is 7.07. The Morgan fingerprint density at radius 2 is 1.32 bits per heavy atom. The van der Waals surface area contributed by atoms with Crippen molar-refractivity contribution in [3.8, 4) is 0 Å². The van der Waals surface area contributed by atoms with Crippen LogP contribution in [0.1, 0.15) is 91.3 Å². The molecule has 0 aliphatic heterocycles. The Bertz CT molecular complexity index is 1900. The van der Waals surface area contributed by atoms with E-state index in [9.17, 15) is 19.2 Å². The first-order valence-corrected chi connectivity index (χ1v) is 21.6. The maximum absolute atomic E-state index is 13.6. The molecule has 368 valence electrons. The standard InChI is InChI=1S/C39H58N8O18S/c1-2-3-10-35-40-21-32(20-31(19-29-15-18-66-27-29)39(51)42-23-37(49)61-17-7-5-9-34(65-47(58)59)26-63-45(54)55)43(35)24-28-11-13-30(14-12-28)38(50)41-22-36(48)60-16-6-4-8-33(64-46(56)57)25-62-44(52)53/h11-15,18,20-21,27,33-34,52-59H,2-10,16-17,19,22-26H2,1H3,(H,41,50)(H,42,51)/b31-20+. The van der Waals surface area contributed by atoms with Crippen molar-refractivity contribution in [2.75, 3.05) is 39.5 Å². The van der Waals surface area contributed by atoms with Gasteiger partial charge in [0.1, 0.15) is 44.3 Å². The molecule has 0 aliphatic carbocycles. The Balaban J connectivity index is 1.58. The number of hydrogen-bond acceptors (Lipinski definition) is 24. The second-order valence-electron chi connectivity index (χ2n) is 14.3. The summed E-state index contributed by atoms with van der Waals surface area (Å²) in [6, 6.07) is 8.65. The van der Waals surface area contributed by atoms with E-state index < -0.39 is 83.8 Å². The third-order valence-electron chi connectivity index (χ3n) is 9.26. The number of thiophene rings is 1. The number of unbranched alkanes of at least 4 members (excludes halogenated alkanes) is 3. The number of imidazole rings is 1. The number of rotatable bonds is 34. The van der Waals surface area contributed by atoms with Gasteiger partial charge in [0.05, 0.1) is 46.7 Å². The molecule has 0 radical (unpaired) electrons. The third-order valence-corrected chi connectivity index (χ3v) is 9.99. The Kier molecular flexibility index (Phi) is 26.2. The molecule has 2 heterocycles. The summed E-state index contributed by atoms with van der Waals surface area (Å²) >= 11 is 1.47. The van der Waals surface area contributed by atoms with Crippen LogP contribution in [0.5, 0.6) is 0 Å². The van der Waals surface area contributed by atoms with E-state index >= 15 is 0 Å². The molecule has 10 N–H and O–H groups in total. The van der Waals surface area contributed by atoms with Crippen molar-refractivity contribution in [2.45, 2.75) is 89.9 Å². The van der Waals surface area contributed by atoms with E-state index in [1.54, 1.807) is 36.5 Å². The summed E-state index contributed by atoms with van der Waals surface area (Å²) in [4.78, 5) is 74.1. The molecule has 2 amide bonds. The lowest BCUT2D eigenvalue weighted by Gasteiger charge is -2.18. The number of nitrogens with one attached hydrogen (secondary N) is 2. The van der Waals surface area contributed by atoms with E-state index in [1.165, 1.54) is 11.3 Å². The number of aromatic nitrogens is 2. The summed E-state index contributed by atoms with van der Waals surface area (Å²) < 4.78 is 12.4. The van der Waals surface area contributed by atoms with Crippen molar-refractivity contribution in [1.82, 2.24) is 41.7 Å². The van der Waals surface area contributed by atoms with Crippen molar-refractivity contribution in [3.05, 3.63) is 81.1 Å². The number of carbonyl (C=O) groups excluding carboxylic acids is 4. The Hall–Kier alpha value is -4.89. The van der Waals surface area contributed by atoms with Gasteiger partial charge in [0.2, 0.25) is 5.91 Å². The highest BCUT2D eigenvalue weighted by atomic mass is 32.1. The molecule has 27 heteroatoms. The van der Waals surface area contributed by atoms with E-state index in [2.05, 4.69) is 41.9 Å². The van der Waals surface area contributed by atoms with Gasteiger partial charge in [-0.1, -0.05) is 25.5 Å². The number of nitrogens with zero attached hydrogens (tertiary/aromatic N) is 6. The predicted molar refractivity (Wildman–Crippen MR) is 221 cm³/mol. The predicted octanol–water partition coefficient (Wildman–Crippen LogP) is 3.02. The fourth-order valence-corrected chi connectivity index (χ4v) is 6.70. The summed E-state index contributed by atoms with van der Waals surface area (Å²) in [6.45, 7) is 0.707. The van der Waals surface area contributed by atoms with E-state index in [0.29, 0.717) is 55.5 Å². The number of hydrogen-bond donors (Lipinski definition) is 10. The molecule has 2 atom stereocenters. The topological polar surface area (TPSA) is 340 Å². The molecule has 0 fully saturated rings. The van der Waals surface area contributed by atoms with Gasteiger partial charge in [-0.3, -0.25) is 60.8 Å². The SMILES string of the molecule is CCCCc1ncc(/C=C(\Cc2ccsc2)C(=O)NCC(=O)OCCCCC(CON(O)O)ON(O)O)n1Cc1ccc(C(=O)NCC(=O)OCCCCC(CON(O)O)ON(O)O)cc1. The summed E-state index contributed by atoms with van der Waals surface area (Å²) in [6.07, 6.45) is 5.90. The Morgan fingerprint density at radius 1 is 0.742 bits per heavy atom. The van der Waals surface area contributed by atoms with Gasteiger partial charge in [-0.05, 0) is 91.1 Å². The largest absolute Gasteiger partial charge is 0.464 e. The average molecular weight is 959 g/mol. The van der Waals surface area contributed by atoms with Gasteiger partial charge in [0.25, 0.3) is 5.91 Å². The summed E-state index contributed by atoms with van der Waals surface area (Å²) in [7, 11) is 0. The van der Waals surface area contributed by atoms with E-state index in [-0.39, 0.29) is 32.5 Å². The molecule has 0 aliphatic rings. The van der Waals surface area contributed by atoms with E-state index in [0.717, 1.165) is 29.8 Å². The van der Waals surface area contributed by atoms with Crippen LogP contribution in [0.15, 0.2) is 52.9 Å². The number of esters is 2. The van der Waals surface area contributed by atoms with Crippen LogP contribution in [0, 0.1) is 0 Å². The summed E-state index contributed by atoms with van der Waals surface area (Å²) in [5.74, 6) is -1.60. The molecular weight excluding hydrogens is 901 g/mol. The number of amides is 2. The van der Waals surface area contributed by atoms with Crippen molar-refractivity contribution in [1.29, 1.82) is 0 Å². The minimum absolute atomic E-state index is 0.00958. The molecule has 2 unspecified atom stereocenters. The minimum atomic E-state index is -0.974. The van der Waals surface area contributed by atoms with Crippen LogP contribution in [-0.2, 0) is 62.6 Å². The lowest BCUT2D eigenvalue weighted by Crippen LogP contribution is -2.32. The number of ether oxygens (including phenoxy) is 2. The first kappa shape index (κ1) is 55.4. The van der Waals surface area contributed by atoms with Crippen molar-refractivity contribution in [2.24, 2.45) is 0 Å². The summed E-state index contributed by atoms with van der Waals surface area (Å²) in [5.41, 5.74) is 2.99. The molecule has 26 nitrogen and oxygen atoms in total. The van der Waals surface area contributed by atoms with Crippen LogP contribution < -0.4 is 10.6 Å². The highest BCUT2D eigenvalue weighted by Crippen LogP contribution is 2.20. The fourth-order valence-electron chi connectivity index (χ4n) is 6.04. The second-order valence-corrected chi connectivity index (χ2v) is 15.1. The van der Waals surface area contributed by atoms with Gasteiger partial charge in [0, 0.05) is 30.5 Å². The fraction of sp³-hybridized carbons (Fsp3) is 0.513. The molecule has 66 heavy (non-hydrogen) atoms. The monoisotopic (exact) mass is 958 g/mol. The molecule has 1 aromatic carbocycles. The van der Waals surface area contributed by atoms with Crippen LogP contribution in [-0.4, -0.2) is 148 Å². The Labute approximate surface area is 382 Å². The number of carbonyl (C=O) groups is 4. The van der Waals surface area contributed by atoms with E-state index in [1.807, 2.05) is 21.4 Å². The van der Waals surface area contributed by atoms with Crippen LogP contribution in [0.2, 0.25) is 0 Å². The smallest absolute Gasteiger partial charge is 0.325 e. The van der Waals surface area contributed by atoms with Gasteiger partial charge < -0.3 is 24.7 Å². The maximum Gasteiger partial charge on any atom is 0.325 e. The minimum Gasteiger partial charge on any atom is -0.464 e. The first-order chi connectivity index (χ1) is 31.6. The molecule has 0 spiro atoms. The van der Waals surface area contributed by atoms with Gasteiger partial charge in [-0.15, -0.1) is 0 Å². The number of benzene rings is 1. The normalized spacial score (nSPS) is 12.8. The van der Waals surface area contributed by atoms with Crippen LogP contribution in [0.25, 0.3) is 6.08 Å². The molecule has 0 saturated heterocycles. The Morgan fingerprint density at radius 3 is 1.83 bits per heavy atom. The van der Waals surface area contributed by atoms with E-state index in [4.69, 9.17) is 51.1 Å². The van der Waals surface area contributed by atoms with Gasteiger partial charge in [0.15, 0.2) is 0 Å². The zero-order valence-electron chi connectivity index (χ0n) is 36.1. The zero-order chi connectivity index (χ0) is 48.3. The quantitative estimate of drug-likeness (QED) is 0.0178. The summed E-state index contributed by atoms with van der Waals surface area (Å²) in [5, 5.41) is 77.0. The van der Waals surface area contributed by atoms with Gasteiger partial charge in [-0.25, -0.2) is 24.3 Å². The van der Waals surface area contributed by atoms with Crippen LogP contribution >= 0.6 is 11.3 Å². The molecule has 3 rings (SSSR count). The lowest BCUT2D eigenvalue weighted by molar-refractivity contribution is -0.527. The number of aryl methyl sites for hydroxylation is 1. The highest BCUT2D eigenvalue weighted by Gasteiger charge is 2.19. The zero-order valence-corrected chi connectivity index (χ0v) is 36.9.